The second kappa shape index (κ2) is 9.41. The number of anilines is 1. The van der Waals surface area contributed by atoms with Gasteiger partial charge in [-0.15, -0.1) is 10.2 Å². The summed E-state index contributed by atoms with van der Waals surface area (Å²) in [4.78, 5) is 6.80. The lowest BCUT2D eigenvalue weighted by molar-refractivity contribution is 0.0833. The van der Waals surface area contributed by atoms with Crippen LogP contribution in [0.25, 0.3) is 22.4 Å². The number of rotatable bonds is 9. The first-order valence-electron chi connectivity index (χ1n) is 12.4. The highest BCUT2D eigenvalue weighted by atomic mass is 16.7. The number of hydrogen-bond acceptors (Lipinski definition) is 8. The summed E-state index contributed by atoms with van der Waals surface area (Å²) in [6, 6.07) is 11.9. The van der Waals surface area contributed by atoms with E-state index in [0.29, 0.717) is 34.7 Å². The summed E-state index contributed by atoms with van der Waals surface area (Å²) in [5.41, 5.74) is 8.44. The molecular weight excluding hydrogens is 440 g/mol. The Kier molecular flexibility index (Phi) is 6.32. The molecule has 2 heterocycles. The topological polar surface area (TPSA) is 107 Å². The number of aromatic nitrogens is 3. The molecule has 0 bridgehead atoms. The minimum Gasteiger partial charge on any atom is -0.507 e. The van der Waals surface area contributed by atoms with Crippen LogP contribution in [0.3, 0.4) is 0 Å². The van der Waals surface area contributed by atoms with Crippen LogP contribution in [0.15, 0.2) is 42.6 Å². The van der Waals surface area contributed by atoms with Crippen molar-refractivity contribution in [2.45, 2.75) is 56.7 Å². The minimum absolute atomic E-state index is 0.119. The molecule has 1 aromatic heterocycles. The fourth-order valence-corrected chi connectivity index (χ4v) is 4.51. The predicted molar refractivity (Wildman–Crippen MR) is 141 cm³/mol. The summed E-state index contributed by atoms with van der Waals surface area (Å²) < 4.78 is 11.6. The molecule has 5 rings (SSSR count). The molecule has 0 radical (unpaired) electrons. The number of aromatic hydroxyl groups is 1. The Morgan fingerprint density at radius 3 is 2.51 bits per heavy atom. The zero-order valence-electron chi connectivity index (χ0n) is 20.6. The monoisotopic (exact) mass is 471 g/mol. The molecule has 0 unspecified atom stereocenters. The molecule has 35 heavy (non-hydrogen) atoms. The smallest absolute Gasteiger partial charge is 0.245 e. The highest BCUT2D eigenvalue weighted by Crippen LogP contribution is 2.41. The summed E-state index contributed by atoms with van der Waals surface area (Å²) in [6.07, 6.45) is 7.00. The van der Waals surface area contributed by atoms with Crippen LogP contribution in [0.2, 0.25) is 0 Å². The van der Waals surface area contributed by atoms with Gasteiger partial charge in [0.25, 0.3) is 0 Å². The van der Waals surface area contributed by atoms with Gasteiger partial charge in [-0.2, -0.15) is 0 Å². The predicted octanol–water partition coefficient (Wildman–Crippen LogP) is 2.05. The van der Waals surface area contributed by atoms with Gasteiger partial charge in [0.05, 0.1) is 6.20 Å². The van der Waals surface area contributed by atoms with Crippen LogP contribution in [0, 0.1) is 0 Å². The molecule has 10 heteroatoms. The second-order valence-corrected chi connectivity index (χ2v) is 9.90. The largest absolute Gasteiger partial charge is 0.507 e. The van der Waals surface area contributed by atoms with Crippen molar-refractivity contribution in [3.63, 3.8) is 0 Å². The van der Waals surface area contributed by atoms with Gasteiger partial charge in [0.2, 0.25) is 5.95 Å². The first-order chi connectivity index (χ1) is 16.8. The molecule has 0 amide bonds. The van der Waals surface area contributed by atoms with Crippen molar-refractivity contribution in [3.05, 3.63) is 42.6 Å². The molecule has 0 spiro atoms. The second-order valence-electron chi connectivity index (χ2n) is 9.90. The Morgan fingerprint density at radius 1 is 1.09 bits per heavy atom. The van der Waals surface area contributed by atoms with Crippen LogP contribution in [-0.2, 0) is 0 Å². The molecule has 1 aliphatic heterocycles. The van der Waals surface area contributed by atoms with E-state index in [4.69, 9.17) is 15.2 Å². The Balaban J connectivity index is 1.32. The van der Waals surface area contributed by atoms with Crippen LogP contribution in [0.1, 0.15) is 39.0 Å². The van der Waals surface area contributed by atoms with Crippen molar-refractivity contribution < 1.29 is 14.6 Å². The fraction of sp³-hybridized carbons (Fsp3) is 0.400. The van der Waals surface area contributed by atoms with Crippen molar-refractivity contribution in [1.29, 1.82) is 0 Å². The lowest BCUT2D eigenvalue weighted by Gasteiger charge is -2.23. The van der Waals surface area contributed by atoms with Gasteiger partial charge in [0.1, 0.15) is 11.4 Å². The zero-order valence-corrected chi connectivity index (χ0v) is 20.6. The van der Waals surface area contributed by atoms with E-state index in [2.05, 4.69) is 27.0 Å². The molecule has 8 nitrogen and oxygen atoms in total. The SMILES string of the molecule is BC1(B)Oc2ccc(-c3ccc(-c4cnc(N(CC[C@H](N)CCC)C5CC5)nn4)c(O)c3)cc2O1. The van der Waals surface area contributed by atoms with Crippen LogP contribution < -0.4 is 20.1 Å². The molecule has 1 saturated carbocycles. The number of benzene rings is 2. The van der Waals surface area contributed by atoms with Gasteiger partial charge in [0.15, 0.2) is 32.8 Å². The van der Waals surface area contributed by atoms with Gasteiger partial charge in [0, 0.05) is 24.2 Å². The first-order valence-corrected chi connectivity index (χ1v) is 12.4. The highest BCUT2D eigenvalue weighted by molar-refractivity contribution is 6.38. The van der Waals surface area contributed by atoms with Gasteiger partial charge >= 0.3 is 0 Å². The zero-order chi connectivity index (χ0) is 24.6. The van der Waals surface area contributed by atoms with E-state index in [1.807, 2.05) is 46.0 Å². The molecule has 2 aromatic carbocycles. The van der Waals surface area contributed by atoms with E-state index in [9.17, 15) is 5.11 Å². The van der Waals surface area contributed by atoms with Crippen molar-refractivity contribution in [3.8, 4) is 39.6 Å². The third-order valence-electron chi connectivity index (χ3n) is 6.46. The average molecular weight is 471 g/mol. The number of phenols is 1. The van der Waals surface area contributed by atoms with E-state index in [0.717, 1.165) is 49.8 Å². The lowest BCUT2D eigenvalue weighted by atomic mass is 9.76. The Hall–Kier alpha value is -3.26. The molecule has 180 valence electrons. The maximum atomic E-state index is 10.8. The summed E-state index contributed by atoms with van der Waals surface area (Å²) in [5.74, 6) is 2.15. The molecule has 1 atom stereocenters. The van der Waals surface area contributed by atoms with Crippen molar-refractivity contribution in [1.82, 2.24) is 15.2 Å². The van der Waals surface area contributed by atoms with E-state index >= 15 is 0 Å². The maximum absolute atomic E-state index is 10.8. The molecule has 1 fully saturated rings. The minimum atomic E-state index is -0.679. The van der Waals surface area contributed by atoms with Gasteiger partial charge in [-0.3, -0.25) is 0 Å². The summed E-state index contributed by atoms with van der Waals surface area (Å²) in [6.45, 7) is 2.99. The van der Waals surface area contributed by atoms with Crippen molar-refractivity contribution in [2.75, 3.05) is 11.4 Å². The Bertz CT molecular complexity index is 1200. The molecule has 0 saturated heterocycles. The molecule has 3 N–H and O–H groups in total. The van der Waals surface area contributed by atoms with Crippen LogP contribution >= 0.6 is 0 Å². The number of hydrogen-bond donors (Lipinski definition) is 2. The Morgan fingerprint density at radius 2 is 1.83 bits per heavy atom. The van der Waals surface area contributed by atoms with E-state index < -0.39 is 5.59 Å². The molecular formula is C25H31B2N5O3. The first kappa shape index (κ1) is 23.5. The highest BCUT2D eigenvalue weighted by Gasteiger charge is 2.32. The molecule has 1 aliphatic carbocycles. The molecule has 3 aromatic rings. The van der Waals surface area contributed by atoms with Gasteiger partial charge in [-0.1, -0.05) is 25.5 Å². The quantitative estimate of drug-likeness (QED) is 0.457. The van der Waals surface area contributed by atoms with E-state index in [-0.39, 0.29) is 11.8 Å². The van der Waals surface area contributed by atoms with Gasteiger partial charge in [-0.25, -0.2) is 4.98 Å². The van der Waals surface area contributed by atoms with Crippen LogP contribution in [-0.4, -0.2) is 60.2 Å². The fourth-order valence-electron chi connectivity index (χ4n) is 4.51. The summed E-state index contributed by atoms with van der Waals surface area (Å²) >= 11 is 0. The van der Waals surface area contributed by atoms with Gasteiger partial charge in [-0.05, 0) is 61.1 Å². The number of phenolic OH excluding ortho intramolecular Hbond substituents is 1. The number of ether oxygens (including phenoxy) is 2. The van der Waals surface area contributed by atoms with Gasteiger partial charge < -0.3 is 25.2 Å². The van der Waals surface area contributed by atoms with Crippen molar-refractivity contribution in [2.24, 2.45) is 5.73 Å². The van der Waals surface area contributed by atoms with Crippen LogP contribution in [0.4, 0.5) is 5.95 Å². The maximum Gasteiger partial charge on any atom is 0.245 e. The number of fused-ring (bicyclic) bond motifs is 1. The number of nitrogens with two attached hydrogens (primary N) is 1. The van der Waals surface area contributed by atoms with E-state index in [1.54, 1.807) is 12.3 Å². The lowest BCUT2D eigenvalue weighted by Crippen LogP contribution is -2.39. The normalized spacial score (nSPS) is 16.7. The standard InChI is InChI=1S/C25H31B2N5O3/c1-2-3-17(28)10-11-32(18-6-7-18)24-29-14-20(30-31-24)19-8-4-15(12-21(19)33)16-5-9-22-23(13-16)35-25(26,27)34-22/h4-5,8-9,12-14,17-18,33H,2-3,6-7,10-11,26-28H2,1H3/t17-/m1/s1. The third-order valence-corrected chi connectivity index (χ3v) is 6.46. The Labute approximate surface area is 207 Å². The van der Waals surface area contributed by atoms with E-state index in [1.165, 1.54) is 0 Å². The van der Waals surface area contributed by atoms with Crippen molar-refractivity contribution >= 4 is 21.6 Å². The average Bonchev–Trinajstić information content (AvgIpc) is 3.61. The number of nitrogens with zero attached hydrogens (tertiary/aromatic N) is 4. The molecule has 2 aliphatic rings. The summed E-state index contributed by atoms with van der Waals surface area (Å²) in [5, 5.41) is 19.6. The van der Waals surface area contributed by atoms with Crippen LogP contribution in [0.5, 0.6) is 17.2 Å². The third kappa shape index (κ3) is 5.22. The summed E-state index contributed by atoms with van der Waals surface area (Å²) in [7, 11) is 3.75.